The Morgan fingerprint density at radius 1 is 1.10 bits per heavy atom. The molecular weight excluding hydrogens is 380 g/mol. The Kier molecular flexibility index (Phi) is 6.50. The molecular formula is C28H32N2O. The number of allylic oxidation sites excluding steroid dienone is 1. The summed E-state index contributed by atoms with van der Waals surface area (Å²) in [5, 5.41) is 5.09. The number of rotatable bonds is 7. The van der Waals surface area contributed by atoms with E-state index in [-0.39, 0.29) is 11.7 Å². The van der Waals surface area contributed by atoms with E-state index in [2.05, 4.69) is 79.7 Å². The minimum atomic E-state index is 0.0891. The maximum atomic E-state index is 12.2. The van der Waals surface area contributed by atoms with E-state index in [4.69, 9.17) is 5.10 Å². The minimum absolute atomic E-state index is 0.0891. The van der Waals surface area contributed by atoms with E-state index in [1.54, 1.807) is 0 Å². The molecule has 1 aromatic heterocycles. The number of nitrogens with zero attached hydrogens (tertiary/aromatic N) is 2. The molecule has 0 spiro atoms. The van der Waals surface area contributed by atoms with Crippen molar-refractivity contribution in [2.75, 3.05) is 0 Å². The largest absolute Gasteiger partial charge is 0.295 e. The first kappa shape index (κ1) is 21.3. The van der Waals surface area contributed by atoms with E-state index in [9.17, 15) is 4.79 Å². The zero-order valence-electron chi connectivity index (χ0n) is 18.7. The lowest BCUT2D eigenvalue weighted by atomic mass is 9.83. The SMILES string of the molecule is C=CC(=O)C1CCCC(n2nc(-c3ccc(Cc4ccccc4)cc3)c(C)c2CC)C1. The molecule has 3 heteroatoms. The zero-order valence-corrected chi connectivity index (χ0v) is 18.7. The predicted octanol–water partition coefficient (Wildman–Crippen LogP) is 6.50. The summed E-state index contributed by atoms with van der Waals surface area (Å²) in [6.45, 7) is 8.07. The van der Waals surface area contributed by atoms with Crippen LogP contribution in [0.4, 0.5) is 0 Å². The highest BCUT2D eigenvalue weighted by molar-refractivity contribution is 5.91. The third-order valence-corrected chi connectivity index (χ3v) is 6.68. The number of carbonyl (C=O) groups is 1. The van der Waals surface area contributed by atoms with Crippen LogP contribution in [0.3, 0.4) is 0 Å². The summed E-state index contributed by atoms with van der Waals surface area (Å²) in [5.41, 5.74) is 7.42. The van der Waals surface area contributed by atoms with Crippen molar-refractivity contribution in [1.29, 1.82) is 0 Å². The first-order chi connectivity index (χ1) is 15.1. The summed E-state index contributed by atoms with van der Waals surface area (Å²) >= 11 is 0. The molecule has 2 aromatic carbocycles. The first-order valence-electron chi connectivity index (χ1n) is 11.5. The maximum Gasteiger partial charge on any atom is 0.158 e. The van der Waals surface area contributed by atoms with Gasteiger partial charge in [-0.3, -0.25) is 9.48 Å². The van der Waals surface area contributed by atoms with Crippen molar-refractivity contribution in [3.05, 3.63) is 89.6 Å². The van der Waals surface area contributed by atoms with Crippen molar-refractivity contribution in [2.45, 2.75) is 58.4 Å². The van der Waals surface area contributed by atoms with Crippen molar-refractivity contribution in [3.8, 4) is 11.3 Å². The van der Waals surface area contributed by atoms with Gasteiger partial charge in [-0.25, -0.2) is 0 Å². The van der Waals surface area contributed by atoms with Gasteiger partial charge in [0.2, 0.25) is 0 Å². The highest BCUT2D eigenvalue weighted by atomic mass is 16.1. The number of hydrogen-bond acceptors (Lipinski definition) is 2. The lowest BCUT2D eigenvalue weighted by Crippen LogP contribution is -2.25. The van der Waals surface area contributed by atoms with Gasteiger partial charge in [0.05, 0.1) is 11.7 Å². The molecule has 0 N–H and O–H groups in total. The number of ketones is 1. The van der Waals surface area contributed by atoms with Crippen molar-refractivity contribution in [1.82, 2.24) is 9.78 Å². The molecule has 2 unspecified atom stereocenters. The van der Waals surface area contributed by atoms with Crippen LogP contribution in [-0.2, 0) is 17.6 Å². The second-order valence-electron chi connectivity index (χ2n) is 8.70. The van der Waals surface area contributed by atoms with Crippen LogP contribution in [0.25, 0.3) is 11.3 Å². The smallest absolute Gasteiger partial charge is 0.158 e. The fourth-order valence-electron chi connectivity index (χ4n) is 4.98. The van der Waals surface area contributed by atoms with Gasteiger partial charge in [0.15, 0.2) is 5.78 Å². The molecule has 3 nitrogen and oxygen atoms in total. The summed E-state index contributed by atoms with van der Waals surface area (Å²) < 4.78 is 2.23. The van der Waals surface area contributed by atoms with Crippen molar-refractivity contribution < 1.29 is 4.79 Å². The highest BCUT2D eigenvalue weighted by Gasteiger charge is 2.29. The van der Waals surface area contributed by atoms with E-state index in [0.717, 1.165) is 49.8 Å². The lowest BCUT2D eigenvalue weighted by Gasteiger charge is -2.29. The van der Waals surface area contributed by atoms with Crippen molar-refractivity contribution in [3.63, 3.8) is 0 Å². The molecule has 0 saturated heterocycles. The van der Waals surface area contributed by atoms with Crippen LogP contribution in [0.5, 0.6) is 0 Å². The van der Waals surface area contributed by atoms with E-state index < -0.39 is 0 Å². The van der Waals surface area contributed by atoms with Gasteiger partial charge in [0, 0.05) is 17.2 Å². The summed E-state index contributed by atoms with van der Waals surface area (Å²) in [6, 6.07) is 19.7. The van der Waals surface area contributed by atoms with Crippen LogP contribution in [0.1, 0.15) is 61.0 Å². The Hall–Kier alpha value is -2.94. The molecule has 1 saturated carbocycles. The molecule has 0 radical (unpaired) electrons. The Labute approximate surface area is 185 Å². The van der Waals surface area contributed by atoms with Crippen LogP contribution >= 0.6 is 0 Å². The zero-order chi connectivity index (χ0) is 21.8. The normalized spacial score (nSPS) is 18.6. The summed E-state index contributed by atoms with van der Waals surface area (Å²) in [7, 11) is 0. The van der Waals surface area contributed by atoms with Gasteiger partial charge in [-0.05, 0) is 61.8 Å². The van der Waals surface area contributed by atoms with Gasteiger partial charge in [-0.1, -0.05) is 74.5 Å². The molecule has 0 amide bonds. The second kappa shape index (κ2) is 9.47. The van der Waals surface area contributed by atoms with Gasteiger partial charge < -0.3 is 0 Å². The average molecular weight is 413 g/mol. The molecule has 0 aliphatic heterocycles. The Morgan fingerprint density at radius 3 is 2.48 bits per heavy atom. The monoisotopic (exact) mass is 412 g/mol. The van der Waals surface area contributed by atoms with Crippen LogP contribution in [-0.4, -0.2) is 15.6 Å². The van der Waals surface area contributed by atoms with Crippen LogP contribution < -0.4 is 0 Å². The van der Waals surface area contributed by atoms with E-state index >= 15 is 0 Å². The summed E-state index contributed by atoms with van der Waals surface area (Å²) in [4.78, 5) is 12.2. The molecule has 31 heavy (non-hydrogen) atoms. The molecule has 1 heterocycles. The van der Waals surface area contributed by atoms with Crippen LogP contribution in [0.15, 0.2) is 67.3 Å². The lowest BCUT2D eigenvalue weighted by molar-refractivity contribution is -0.119. The number of benzene rings is 2. The van der Waals surface area contributed by atoms with Crippen LogP contribution in [0.2, 0.25) is 0 Å². The third kappa shape index (κ3) is 4.56. The van der Waals surface area contributed by atoms with E-state index in [0.29, 0.717) is 6.04 Å². The molecule has 0 bridgehead atoms. The average Bonchev–Trinajstić information content (AvgIpc) is 3.16. The van der Waals surface area contributed by atoms with E-state index in [1.807, 2.05) is 0 Å². The summed E-state index contributed by atoms with van der Waals surface area (Å²) in [6.07, 6.45) is 7.37. The molecule has 1 fully saturated rings. The Morgan fingerprint density at radius 2 is 1.81 bits per heavy atom. The van der Waals surface area contributed by atoms with Crippen molar-refractivity contribution in [2.24, 2.45) is 5.92 Å². The first-order valence-corrected chi connectivity index (χ1v) is 11.5. The standard InChI is InChI=1S/C28H32N2O/c1-4-26-20(3)28(29-30(26)25-13-9-12-24(19-25)27(31)5-2)23-16-14-22(15-17-23)18-21-10-7-6-8-11-21/h5-8,10-11,14-17,24-25H,2,4,9,12-13,18-19H2,1,3H3. The summed E-state index contributed by atoms with van der Waals surface area (Å²) in [5.74, 6) is 0.270. The Bertz CT molecular complexity index is 1050. The van der Waals surface area contributed by atoms with Gasteiger partial charge in [-0.15, -0.1) is 0 Å². The quantitative estimate of drug-likeness (QED) is 0.415. The van der Waals surface area contributed by atoms with E-state index in [1.165, 1.54) is 28.5 Å². The van der Waals surface area contributed by atoms with Gasteiger partial charge in [0.1, 0.15) is 0 Å². The fourth-order valence-corrected chi connectivity index (χ4v) is 4.98. The maximum absolute atomic E-state index is 12.2. The fraction of sp³-hybridized carbons (Fsp3) is 0.357. The molecule has 2 atom stereocenters. The molecule has 1 aliphatic carbocycles. The molecule has 4 rings (SSSR count). The Balaban J connectivity index is 1.59. The van der Waals surface area contributed by atoms with Crippen LogP contribution in [0, 0.1) is 12.8 Å². The molecule has 160 valence electrons. The van der Waals surface area contributed by atoms with Gasteiger partial charge in [0.25, 0.3) is 0 Å². The van der Waals surface area contributed by atoms with Gasteiger partial charge >= 0.3 is 0 Å². The van der Waals surface area contributed by atoms with Crippen molar-refractivity contribution >= 4 is 5.78 Å². The second-order valence-corrected chi connectivity index (χ2v) is 8.70. The number of carbonyl (C=O) groups excluding carboxylic acids is 1. The topological polar surface area (TPSA) is 34.9 Å². The highest BCUT2D eigenvalue weighted by Crippen LogP contribution is 2.36. The predicted molar refractivity (Wildman–Crippen MR) is 127 cm³/mol. The minimum Gasteiger partial charge on any atom is -0.295 e. The van der Waals surface area contributed by atoms with Gasteiger partial charge in [-0.2, -0.15) is 5.10 Å². The molecule has 3 aromatic rings. The number of aromatic nitrogens is 2. The molecule has 1 aliphatic rings. The third-order valence-electron chi connectivity index (χ3n) is 6.68. The number of hydrogen-bond donors (Lipinski definition) is 0.